The zero-order chi connectivity index (χ0) is 12.3. The third-order valence-electron chi connectivity index (χ3n) is 2.02. The molecule has 0 saturated carbocycles. The van der Waals surface area contributed by atoms with Crippen LogP contribution in [-0.4, -0.2) is 16.1 Å². The second-order valence-corrected chi connectivity index (χ2v) is 4.66. The summed E-state index contributed by atoms with van der Waals surface area (Å²) in [7, 11) is 0. The number of hydrogen-bond donors (Lipinski definition) is 0. The molecule has 1 aromatic rings. The fraction of sp³-hybridized carbons (Fsp3) is 0.500. The average Bonchev–Trinajstić information content (AvgIpc) is 2.15. The first-order chi connectivity index (χ1) is 7.31. The van der Waals surface area contributed by atoms with Gasteiger partial charge in [0.25, 0.3) is 5.56 Å². The molecule has 1 heterocycles. The molecule has 1 atom stereocenters. The van der Waals surface area contributed by atoms with Gasteiger partial charge in [-0.1, -0.05) is 6.07 Å². The van der Waals surface area contributed by atoms with Crippen molar-refractivity contribution in [3.8, 4) is 0 Å². The van der Waals surface area contributed by atoms with Crippen molar-refractivity contribution in [1.29, 1.82) is 0 Å². The summed E-state index contributed by atoms with van der Waals surface area (Å²) < 4.78 is 6.57. The predicted molar refractivity (Wildman–Crippen MR) is 61.3 cm³/mol. The lowest BCUT2D eigenvalue weighted by atomic mass is 10.2. The first-order valence-electron chi connectivity index (χ1n) is 5.21. The Morgan fingerprint density at radius 2 is 2.00 bits per heavy atom. The minimum absolute atomic E-state index is 0.208. The summed E-state index contributed by atoms with van der Waals surface area (Å²) in [6.45, 7) is 7.04. The summed E-state index contributed by atoms with van der Waals surface area (Å²) in [5.74, 6) is -0.402. The Kier molecular flexibility index (Phi) is 3.52. The largest absolute Gasteiger partial charge is 0.458 e. The number of hydrogen-bond acceptors (Lipinski definition) is 3. The second kappa shape index (κ2) is 4.51. The minimum atomic E-state index is -0.604. The Balaban J connectivity index is 2.87. The van der Waals surface area contributed by atoms with E-state index in [1.54, 1.807) is 46.0 Å². The van der Waals surface area contributed by atoms with Crippen LogP contribution in [0.4, 0.5) is 0 Å². The number of nitrogens with zero attached hydrogens (tertiary/aromatic N) is 1. The first kappa shape index (κ1) is 12.5. The second-order valence-electron chi connectivity index (χ2n) is 4.66. The van der Waals surface area contributed by atoms with E-state index in [1.165, 1.54) is 10.6 Å². The molecule has 0 bridgehead atoms. The molecule has 0 unspecified atom stereocenters. The van der Waals surface area contributed by atoms with Crippen molar-refractivity contribution in [1.82, 2.24) is 4.57 Å². The van der Waals surface area contributed by atoms with Gasteiger partial charge >= 0.3 is 5.97 Å². The average molecular weight is 223 g/mol. The molecule has 0 aliphatic rings. The Bertz CT molecular complexity index is 428. The van der Waals surface area contributed by atoms with Crippen LogP contribution >= 0.6 is 0 Å². The molecular weight excluding hydrogens is 206 g/mol. The van der Waals surface area contributed by atoms with Gasteiger partial charge in [-0.2, -0.15) is 0 Å². The van der Waals surface area contributed by atoms with Crippen molar-refractivity contribution >= 4 is 5.97 Å². The monoisotopic (exact) mass is 223 g/mol. The quantitative estimate of drug-likeness (QED) is 0.718. The van der Waals surface area contributed by atoms with E-state index >= 15 is 0 Å². The van der Waals surface area contributed by atoms with Crippen molar-refractivity contribution in [2.24, 2.45) is 0 Å². The van der Waals surface area contributed by atoms with Crippen LogP contribution < -0.4 is 5.56 Å². The fourth-order valence-electron chi connectivity index (χ4n) is 1.26. The highest BCUT2D eigenvalue weighted by molar-refractivity contribution is 5.74. The van der Waals surface area contributed by atoms with Gasteiger partial charge in [0.2, 0.25) is 0 Å². The lowest BCUT2D eigenvalue weighted by molar-refractivity contribution is -0.158. The molecule has 4 nitrogen and oxygen atoms in total. The third-order valence-corrected chi connectivity index (χ3v) is 2.02. The van der Waals surface area contributed by atoms with Crippen molar-refractivity contribution in [3.63, 3.8) is 0 Å². The van der Waals surface area contributed by atoms with Gasteiger partial charge in [0.05, 0.1) is 0 Å². The highest BCUT2D eigenvalue weighted by Crippen LogP contribution is 2.13. The topological polar surface area (TPSA) is 48.3 Å². The van der Waals surface area contributed by atoms with E-state index in [2.05, 4.69) is 0 Å². The number of rotatable bonds is 2. The van der Waals surface area contributed by atoms with Gasteiger partial charge in [-0.15, -0.1) is 0 Å². The summed E-state index contributed by atoms with van der Waals surface area (Å²) in [5.41, 5.74) is -0.746. The van der Waals surface area contributed by atoms with Gasteiger partial charge in [-0.3, -0.25) is 4.79 Å². The molecule has 0 radical (unpaired) electrons. The van der Waals surface area contributed by atoms with E-state index in [0.29, 0.717) is 0 Å². The van der Waals surface area contributed by atoms with E-state index in [9.17, 15) is 9.59 Å². The Morgan fingerprint density at radius 1 is 1.38 bits per heavy atom. The highest BCUT2D eigenvalue weighted by Gasteiger charge is 2.22. The maximum atomic E-state index is 11.7. The van der Waals surface area contributed by atoms with Gasteiger partial charge in [-0.25, -0.2) is 4.79 Å². The number of esters is 1. The fourth-order valence-corrected chi connectivity index (χ4v) is 1.26. The third kappa shape index (κ3) is 3.22. The van der Waals surface area contributed by atoms with Crippen LogP contribution in [0.25, 0.3) is 0 Å². The molecule has 0 spiro atoms. The zero-order valence-electron chi connectivity index (χ0n) is 10.1. The molecule has 1 aromatic heterocycles. The Morgan fingerprint density at radius 3 is 2.50 bits per heavy atom. The molecule has 0 aromatic carbocycles. The van der Waals surface area contributed by atoms with E-state index in [4.69, 9.17) is 4.74 Å². The highest BCUT2D eigenvalue weighted by atomic mass is 16.6. The lowest BCUT2D eigenvalue weighted by Gasteiger charge is -2.23. The molecule has 16 heavy (non-hydrogen) atoms. The Hall–Kier alpha value is -1.58. The van der Waals surface area contributed by atoms with Gasteiger partial charge < -0.3 is 9.30 Å². The van der Waals surface area contributed by atoms with Gasteiger partial charge in [-0.05, 0) is 33.8 Å². The number of ether oxygens (including phenoxy) is 1. The maximum absolute atomic E-state index is 11.7. The number of carbonyl (C=O) groups excluding carboxylic acids is 1. The summed E-state index contributed by atoms with van der Waals surface area (Å²) in [5, 5.41) is 0. The normalized spacial score (nSPS) is 13.2. The molecule has 0 fully saturated rings. The summed E-state index contributed by atoms with van der Waals surface area (Å²) in [4.78, 5) is 23.2. The number of aromatic nitrogens is 1. The standard InChI is InChI=1S/C12H17NO3/c1-9(11(15)16-12(2,3)4)13-8-6-5-7-10(13)14/h5-9H,1-4H3/t9-/m1/s1. The van der Waals surface area contributed by atoms with Crippen molar-refractivity contribution in [2.45, 2.75) is 39.3 Å². The summed E-state index contributed by atoms with van der Waals surface area (Å²) in [6.07, 6.45) is 1.58. The molecule has 0 N–H and O–H groups in total. The van der Waals surface area contributed by atoms with E-state index in [0.717, 1.165) is 0 Å². The maximum Gasteiger partial charge on any atom is 0.329 e. The van der Waals surface area contributed by atoms with E-state index in [-0.39, 0.29) is 5.56 Å². The molecule has 88 valence electrons. The molecular formula is C12H17NO3. The van der Waals surface area contributed by atoms with Crippen LogP contribution in [0.2, 0.25) is 0 Å². The molecule has 0 saturated heterocycles. The first-order valence-corrected chi connectivity index (χ1v) is 5.21. The number of pyridine rings is 1. The van der Waals surface area contributed by atoms with Crippen LogP contribution in [0.15, 0.2) is 29.2 Å². The smallest absolute Gasteiger partial charge is 0.329 e. The van der Waals surface area contributed by atoms with Crippen LogP contribution in [-0.2, 0) is 9.53 Å². The summed E-state index contributed by atoms with van der Waals surface area (Å²) in [6, 6.07) is 4.16. The van der Waals surface area contributed by atoms with Crippen LogP contribution in [0.3, 0.4) is 0 Å². The Labute approximate surface area is 94.9 Å². The van der Waals surface area contributed by atoms with Gasteiger partial charge in [0.15, 0.2) is 0 Å². The van der Waals surface area contributed by atoms with Crippen molar-refractivity contribution in [2.75, 3.05) is 0 Å². The molecule has 0 aliphatic heterocycles. The SMILES string of the molecule is C[C@H](C(=O)OC(C)(C)C)n1ccccc1=O. The predicted octanol–water partition coefficient (Wildman–Crippen LogP) is 1.75. The minimum Gasteiger partial charge on any atom is -0.458 e. The van der Waals surface area contributed by atoms with E-state index in [1.807, 2.05) is 0 Å². The van der Waals surface area contributed by atoms with Crippen molar-refractivity contribution in [3.05, 3.63) is 34.7 Å². The van der Waals surface area contributed by atoms with Crippen LogP contribution in [0.1, 0.15) is 33.7 Å². The lowest BCUT2D eigenvalue weighted by Crippen LogP contribution is -2.33. The molecule has 4 heteroatoms. The van der Waals surface area contributed by atoms with Gasteiger partial charge in [0.1, 0.15) is 11.6 Å². The van der Waals surface area contributed by atoms with Gasteiger partial charge in [0, 0.05) is 12.3 Å². The van der Waals surface area contributed by atoms with E-state index < -0.39 is 17.6 Å². The zero-order valence-corrected chi connectivity index (χ0v) is 10.1. The number of carbonyl (C=O) groups is 1. The van der Waals surface area contributed by atoms with Crippen LogP contribution in [0.5, 0.6) is 0 Å². The molecule has 0 aliphatic carbocycles. The van der Waals surface area contributed by atoms with Crippen molar-refractivity contribution < 1.29 is 9.53 Å². The van der Waals surface area contributed by atoms with Crippen LogP contribution in [0, 0.1) is 0 Å². The molecule has 0 amide bonds. The summed E-state index contributed by atoms with van der Waals surface area (Å²) >= 11 is 0. The molecule has 1 rings (SSSR count).